The molecule has 4 saturated carbocycles. The van der Waals surface area contributed by atoms with Crippen molar-refractivity contribution in [2.75, 3.05) is 5.32 Å². The van der Waals surface area contributed by atoms with Gasteiger partial charge in [0.25, 0.3) is 5.56 Å². The second-order valence-electron chi connectivity index (χ2n) is 10.1. The van der Waals surface area contributed by atoms with Crippen LogP contribution in [-0.4, -0.2) is 25.7 Å². The number of nitrogens with zero attached hydrogens (tertiary/aromatic N) is 4. The van der Waals surface area contributed by atoms with Gasteiger partial charge in [-0.15, -0.1) is 21.5 Å². The summed E-state index contributed by atoms with van der Waals surface area (Å²) in [6.45, 7) is 4.24. The third-order valence-electron chi connectivity index (χ3n) is 7.90. The first kappa shape index (κ1) is 20.5. The molecule has 0 saturated heterocycles. The fraction of sp³-hybridized carbons (Fsp3) is 0.609. The number of anilines is 1. The Morgan fingerprint density at radius 2 is 1.81 bits per heavy atom. The minimum absolute atomic E-state index is 0.0790. The van der Waals surface area contributed by atoms with E-state index in [9.17, 15) is 9.59 Å². The molecule has 1 N–H and O–H groups in total. The first-order valence-corrected chi connectivity index (χ1v) is 13.1. The lowest BCUT2D eigenvalue weighted by Crippen LogP contribution is -2.48. The summed E-state index contributed by atoms with van der Waals surface area (Å²) in [5, 5.41) is 14.1. The van der Waals surface area contributed by atoms with Crippen molar-refractivity contribution in [1.82, 2.24) is 19.7 Å². The van der Waals surface area contributed by atoms with Gasteiger partial charge >= 0.3 is 0 Å². The topological polar surface area (TPSA) is 89.8 Å². The monoisotopic (exact) mass is 469 g/mol. The summed E-state index contributed by atoms with van der Waals surface area (Å²) < 4.78 is 1.53. The van der Waals surface area contributed by atoms with Gasteiger partial charge < -0.3 is 5.32 Å². The highest BCUT2D eigenvalue weighted by Gasteiger charge is 2.53. The number of fused-ring (bicyclic) bond motifs is 1. The van der Waals surface area contributed by atoms with Crippen LogP contribution in [0.2, 0.25) is 0 Å². The van der Waals surface area contributed by atoms with Crippen molar-refractivity contribution in [2.45, 2.75) is 70.8 Å². The molecule has 32 heavy (non-hydrogen) atoms. The molecule has 9 heteroatoms. The number of aromatic nitrogens is 4. The van der Waals surface area contributed by atoms with Crippen LogP contribution in [0.25, 0.3) is 10.2 Å². The zero-order valence-electron chi connectivity index (χ0n) is 18.4. The van der Waals surface area contributed by atoms with E-state index in [0.717, 1.165) is 38.0 Å². The van der Waals surface area contributed by atoms with Gasteiger partial charge in [-0.3, -0.25) is 14.2 Å². The van der Waals surface area contributed by atoms with Crippen LogP contribution in [0.5, 0.6) is 0 Å². The van der Waals surface area contributed by atoms with Crippen LogP contribution >= 0.6 is 22.7 Å². The highest BCUT2D eigenvalue weighted by molar-refractivity contribution is 7.18. The first-order chi connectivity index (χ1) is 15.4. The molecule has 3 aromatic rings. The number of thiophene rings is 1. The molecule has 7 nitrogen and oxygen atoms in total. The van der Waals surface area contributed by atoms with E-state index in [2.05, 4.69) is 20.5 Å². The zero-order valence-corrected chi connectivity index (χ0v) is 20.0. The number of hydrogen-bond donors (Lipinski definition) is 1. The second-order valence-corrected chi connectivity index (χ2v) is 12.3. The predicted molar refractivity (Wildman–Crippen MR) is 126 cm³/mol. The molecule has 168 valence electrons. The van der Waals surface area contributed by atoms with Gasteiger partial charge in [0.15, 0.2) is 0 Å². The maximum atomic E-state index is 12.8. The van der Waals surface area contributed by atoms with Crippen LogP contribution < -0.4 is 10.9 Å². The summed E-state index contributed by atoms with van der Waals surface area (Å²) in [4.78, 5) is 31.7. The number of nitrogens with one attached hydrogen (secondary N) is 1. The minimum Gasteiger partial charge on any atom is -0.300 e. The van der Waals surface area contributed by atoms with Crippen molar-refractivity contribution < 1.29 is 4.79 Å². The molecular formula is C23H27N5O2S2. The molecule has 4 aliphatic rings. The van der Waals surface area contributed by atoms with E-state index in [0.29, 0.717) is 17.1 Å². The van der Waals surface area contributed by atoms with Gasteiger partial charge in [-0.25, -0.2) is 4.98 Å². The van der Waals surface area contributed by atoms with Crippen LogP contribution in [0.4, 0.5) is 5.13 Å². The van der Waals surface area contributed by atoms with Gasteiger partial charge in [-0.05, 0) is 75.7 Å². The highest BCUT2D eigenvalue weighted by atomic mass is 32.1. The van der Waals surface area contributed by atoms with Crippen molar-refractivity contribution in [1.29, 1.82) is 0 Å². The van der Waals surface area contributed by atoms with Gasteiger partial charge in [-0.2, -0.15) is 0 Å². The largest absolute Gasteiger partial charge is 0.300 e. The summed E-state index contributed by atoms with van der Waals surface area (Å²) in [7, 11) is 0. The molecule has 3 heterocycles. The Morgan fingerprint density at radius 1 is 1.12 bits per heavy atom. The summed E-state index contributed by atoms with van der Waals surface area (Å²) in [6, 6.07) is 0. The molecule has 0 spiro atoms. The van der Waals surface area contributed by atoms with Crippen LogP contribution in [0.1, 0.15) is 60.4 Å². The van der Waals surface area contributed by atoms with E-state index in [1.54, 1.807) is 17.7 Å². The summed E-state index contributed by atoms with van der Waals surface area (Å²) in [5.74, 6) is 2.40. The molecule has 1 amide bonds. The number of amides is 1. The van der Waals surface area contributed by atoms with E-state index >= 15 is 0 Å². The van der Waals surface area contributed by atoms with Crippen molar-refractivity contribution in [3.63, 3.8) is 0 Å². The minimum atomic E-state index is -0.150. The zero-order chi connectivity index (χ0) is 22.0. The van der Waals surface area contributed by atoms with E-state index in [1.165, 1.54) is 54.4 Å². The maximum absolute atomic E-state index is 12.8. The lowest BCUT2D eigenvalue weighted by atomic mass is 9.50. The van der Waals surface area contributed by atoms with Crippen LogP contribution in [0.3, 0.4) is 0 Å². The molecular weight excluding hydrogens is 442 g/mol. The van der Waals surface area contributed by atoms with E-state index < -0.39 is 0 Å². The number of carbonyl (C=O) groups is 1. The van der Waals surface area contributed by atoms with E-state index in [-0.39, 0.29) is 23.3 Å². The Kier molecular flexibility index (Phi) is 4.77. The summed E-state index contributed by atoms with van der Waals surface area (Å²) in [5.41, 5.74) is 1.09. The predicted octanol–water partition coefficient (Wildman–Crippen LogP) is 4.42. The van der Waals surface area contributed by atoms with E-state index in [4.69, 9.17) is 0 Å². The highest BCUT2D eigenvalue weighted by Crippen LogP contribution is 2.61. The van der Waals surface area contributed by atoms with E-state index in [1.807, 2.05) is 13.8 Å². The third-order valence-corrected chi connectivity index (χ3v) is 10.1. The third kappa shape index (κ3) is 3.32. The Morgan fingerprint density at radius 3 is 2.50 bits per heavy atom. The molecule has 0 radical (unpaired) electrons. The van der Waals surface area contributed by atoms with Crippen LogP contribution in [0, 0.1) is 31.6 Å². The number of carbonyl (C=O) groups excluding carboxylic acids is 1. The van der Waals surface area contributed by atoms with Gasteiger partial charge in [0.1, 0.15) is 9.84 Å². The van der Waals surface area contributed by atoms with Gasteiger partial charge in [0, 0.05) is 23.3 Å². The maximum Gasteiger partial charge on any atom is 0.262 e. The summed E-state index contributed by atoms with van der Waals surface area (Å²) >= 11 is 3.08. The molecule has 0 aromatic carbocycles. The smallest absolute Gasteiger partial charge is 0.262 e. The van der Waals surface area contributed by atoms with Crippen molar-refractivity contribution in [3.05, 3.63) is 32.1 Å². The molecule has 4 bridgehead atoms. The standard InChI is InChI=1S/C23H27N5O2S2/c1-12-13(2)31-19-18(12)20(30)28(11-24-19)4-3-17(29)25-22-27-26-21(32-22)23-8-14-5-15(9-23)7-16(6-14)10-23/h11,14-16H,3-10H2,1-2H3,(H,25,27,29). The lowest BCUT2D eigenvalue weighted by Gasteiger charge is -2.55. The number of rotatable bonds is 5. The lowest BCUT2D eigenvalue weighted by molar-refractivity contribution is -0.116. The van der Waals surface area contributed by atoms with Crippen LogP contribution in [-0.2, 0) is 16.8 Å². The Labute approximate surface area is 194 Å². The number of hydrogen-bond acceptors (Lipinski definition) is 7. The Bertz CT molecular complexity index is 1240. The fourth-order valence-corrected chi connectivity index (χ4v) is 8.66. The second kappa shape index (κ2) is 7.45. The average molecular weight is 470 g/mol. The van der Waals surface area contributed by atoms with Crippen molar-refractivity contribution in [2.24, 2.45) is 17.8 Å². The molecule has 7 rings (SSSR count). The molecule has 0 unspecified atom stereocenters. The van der Waals surface area contributed by atoms with Crippen LogP contribution in [0.15, 0.2) is 11.1 Å². The SMILES string of the molecule is Cc1sc2ncn(CCC(=O)Nc3nnc(C45CC6CC(CC(C6)C4)C5)s3)c(=O)c2c1C. The molecule has 0 aliphatic heterocycles. The molecule has 4 aliphatic carbocycles. The summed E-state index contributed by atoms with van der Waals surface area (Å²) in [6.07, 6.45) is 9.64. The van der Waals surface area contributed by atoms with Gasteiger partial charge in [-0.1, -0.05) is 11.3 Å². The normalized spacial score (nSPS) is 28.5. The molecule has 3 aromatic heterocycles. The van der Waals surface area contributed by atoms with Crippen molar-refractivity contribution in [3.8, 4) is 0 Å². The van der Waals surface area contributed by atoms with Gasteiger partial charge in [0.2, 0.25) is 11.0 Å². The number of aryl methyl sites for hydroxylation is 3. The molecule has 0 atom stereocenters. The first-order valence-electron chi connectivity index (χ1n) is 11.5. The van der Waals surface area contributed by atoms with Crippen molar-refractivity contribution >= 4 is 43.9 Å². The molecule has 4 fully saturated rings. The Hall–Kier alpha value is -2.13. The van der Waals surface area contributed by atoms with Gasteiger partial charge in [0.05, 0.1) is 11.7 Å². The quantitative estimate of drug-likeness (QED) is 0.597. The average Bonchev–Trinajstić information content (AvgIpc) is 3.32. The Balaban J connectivity index is 1.13. The fourth-order valence-electron chi connectivity index (χ4n) is 6.69.